The minimum absolute atomic E-state index is 0.102. The number of amides is 1. The third-order valence-electron chi connectivity index (χ3n) is 5.05. The first-order valence-electron chi connectivity index (χ1n) is 10.7. The average Bonchev–Trinajstić information content (AvgIpc) is 2.77. The highest BCUT2D eigenvalue weighted by Gasteiger charge is 2.27. The second-order valence-electron chi connectivity index (χ2n) is 7.52. The molecule has 1 fully saturated rings. The maximum atomic E-state index is 13.0. The Labute approximate surface area is 189 Å². The maximum Gasteiger partial charge on any atom is 0.243 e. The number of carbonyl (C=O) groups is 1. The van der Waals surface area contributed by atoms with Crippen molar-refractivity contribution in [1.29, 1.82) is 0 Å². The highest BCUT2D eigenvalue weighted by molar-refractivity contribution is 7.89. The first kappa shape index (κ1) is 24.0. The molecule has 2 aromatic rings. The maximum absolute atomic E-state index is 13.0. The Bertz CT molecular complexity index is 1050. The normalized spacial score (nSPS) is 14.7. The van der Waals surface area contributed by atoms with Gasteiger partial charge in [0, 0.05) is 13.1 Å². The van der Waals surface area contributed by atoms with Gasteiger partial charge in [-0.15, -0.1) is 0 Å². The van der Waals surface area contributed by atoms with Crippen molar-refractivity contribution in [3.05, 3.63) is 47.5 Å². The van der Waals surface area contributed by atoms with Crippen LogP contribution in [0.15, 0.2) is 41.3 Å². The summed E-state index contributed by atoms with van der Waals surface area (Å²) in [5.74, 6) is 0.853. The van der Waals surface area contributed by atoms with Crippen LogP contribution in [-0.2, 0) is 19.6 Å². The first-order chi connectivity index (χ1) is 15.3. The molecule has 0 unspecified atom stereocenters. The van der Waals surface area contributed by atoms with Crippen molar-refractivity contribution in [3.8, 4) is 11.5 Å². The number of benzene rings is 2. The lowest BCUT2D eigenvalue weighted by Crippen LogP contribution is -2.40. The van der Waals surface area contributed by atoms with E-state index in [9.17, 15) is 13.2 Å². The molecular formula is C23H30N2O6S. The molecular weight excluding hydrogens is 432 g/mol. The Hall–Kier alpha value is -2.62. The van der Waals surface area contributed by atoms with Gasteiger partial charge in [0.1, 0.15) is 11.5 Å². The second kappa shape index (κ2) is 10.8. The molecule has 1 amide bonds. The molecule has 1 saturated heterocycles. The van der Waals surface area contributed by atoms with E-state index in [1.807, 2.05) is 39.0 Å². The van der Waals surface area contributed by atoms with Gasteiger partial charge in [-0.3, -0.25) is 4.79 Å². The van der Waals surface area contributed by atoms with Gasteiger partial charge in [-0.05, 0) is 50.6 Å². The van der Waals surface area contributed by atoms with E-state index in [2.05, 4.69) is 5.32 Å². The van der Waals surface area contributed by atoms with Crippen LogP contribution >= 0.6 is 0 Å². The highest BCUT2D eigenvalue weighted by Crippen LogP contribution is 2.30. The van der Waals surface area contributed by atoms with E-state index in [0.717, 1.165) is 16.9 Å². The van der Waals surface area contributed by atoms with Gasteiger partial charge in [-0.1, -0.05) is 17.7 Å². The predicted octanol–water partition coefficient (Wildman–Crippen LogP) is 3.13. The summed E-state index contributed by atoms with van der Waals surface area (Å²) in [6.07, 6.45) is 0.110. The molecule has 3 rings (SSSR count). The lowest BCUT2D eigenvalue weighted by atomic mass is 10.1. The van der Waals surface area contributed by atoms with Crippen molar-refractivity contribution >= 4 is 21.6 Å². The second-order valence-corrected chi connectivity index (χ2v) is 9.46. The van der Waals surface area contributed by atoms with Gasteiger partial charge in [0.2, 0.25) is 15.9 Å². The third kappa shape index (κ3) is 5.99. The minimum Gasteiger partial charge on any atom is -0.493 e. The molecule has 1 aliphatic heterocycles. The average molecular weight is 463 g/mol. The number of morpholine rings is 1. The van der Waals surface area contributed by atoms with Crippen molar-refractivity contribution in [2.45, 2.75) is 32.1 Å². The minimum atomic E-state index is -3.69. The van der Waals surface area contributed by atoms with Crippen LogP contribution in [0.1, 0.15) is 24.5 Å². The fourth-order valence-corrected chi connectivity index (χ4v) is 4.85. The Kier molecular flexibility index (Phi) is 8.11. The first-order valence-corrected chi connectivity index (χ1v) is 12.1. The lowest BCUT2D eigenvalue weighted by molar-refractivity contribution is -0.116. The van der Waals surface area contributed by atoms with E-state index in [0.29, 0.717) is 44.3 Å². The van der Waals surface area contributed by atoms with Gasteiger partial charge in [-0.25, -0.2) is 8.42 Å². The molecule has 32 heavy (non-hydrogen) atoms. The van der Waals surface area contributed by atoms with Crippen molar-refractivity contribution in [1.82, 2.24) is 4.31 Å². The molecule has 0 aromatic heterocycles. The molecule has 8 nitrogen and oxygen atoms in total. The zero-order valence-electron chi connectivity index (χ0n) is 18.7. The number of nitrogens with one attached hydrogen (secondary N) is 1. The van der Waals surface area contributed by atoms with Crippen LogP contribution in [0.2, 0.25) is 0 Å². The number of sulfonamides is 1. The molecule has 174 valence electrons. The van der Waals surface area contributed by atoms with Gasteiger partial charge in [0.05, 0.1) is 43.4 Å². The molecule has 1 aliphatic rings. The summed E-state index contributed by atoms with van der Waals surface area (Å²) >= 11 is 0. The summed E-state index contributed by atoms with van der Waals surface area (Å²) in [4.78, 5) is 12.6. The summed E-state index contributed by atoms with van der Waals surface area (Å²) in [5, 5.41) is 2.77. The lowest BCUT2D eigenvalue weighted by Gasteiger charge is -2.26. The Morgan fingerprint density at radius 2 is 1.78 bits per heavy atom. The van der Waals surface area contributed by atoms with Gasteiger partial charge in [0.25, 0.3) is 0 Å². The highest BCUT2D eigenvalue weighted by atomic mass is 32.2. The van der Waals surface area contributed by atoms with Gasteiger partial charge >= 0.3 is 0 Å². The molecule has 0 saturated carbocycles. The Morgan fingerprint density at radius 3 is 2.47 bits per heavy atom. The quantitative estimate of drug-likeness (QED) is 0.615. The molecule has 0 atom stereocenters. The summed E-state index contributed by atoms with van der Waals surface area (Å²) in [6.45, 7) is 7.69. The standard InChI is InChI=1S/C23H30N2O6S/c1-4-30-22-8-6-19(32(27,28)25-10-13-29-14-11-25)16-20(22)24-23(26)9-12-31-21-7-5-17(2)15-18(21)3/h5-8,15-16H,4,9-14H2,1-3H3,(H,24,26). The van der Waals surface area contributed by atoms with Crippen LogP contribution in [0.3, 0.4) is 0 Å². The molecule has 1 heterocycles. The van der Waals surface area contributed by atoms with E-state index < -0.39 is 10.0 Å². The number of aryl methyl sites for hydroxylation is 2. The topological polar surface area (TPSA) is 94.2 Å². The largest absolute Gasteiger partial charge is 0.493 e. The van der Waals surface area contributed by atoms with E-state index in [-0.39, 0.29) is 23.8 Å². The van der Waals surface area contributed by atoms with Crippen molar-refractivity contribution in [2.24, 2.45) is 0 Å². The number of rotatable bonds is 9. The van der Waals surface area contributed by atoms with Crippen LogP contribution in [-0.4, -0.2) is 58.1 Å². The fourth-order valence-electron chi connectivity index (χ4n) is 3.41. The smallest absolute Gasteiger partial charge is 0.243 e. The molecule has 0 aliphatic carbocycles. The van der Waals surface area contributed by atoms with Crippen LogP contribution < -0.4 is 14.8 Å². The third-order valence-corrected chi connectivity index (χ3v) is 6.94. The van der Waals surface area contributed by atoms with Crippen molar-refractivity contribution in [3.63, 3.8) is 0 Å². The number of hydrogen-bond acceptors (Lipinski definition) is 6. The SMILES string of the molecule is CCOc1ccc(S(=O)(=O)N2CCOCC2)cc1NC(=O)CCOc1ccc(C)cc1C. The molecule has 0 radical (unpaired) electrons. The zero-order chi connectivity index (χ0) is 23.1. The summed E-state index contributed by atoms with van der Waals surface area (Å²) in [5.41, 5.74) is 2.46. The number of nitrogens with zero attached hydrogens (tertiary/aromatic N) is 1. The van der Waals surface area contributed by atoms with E-state index in [1.54, 1.807) is 6.07 Å². The van der Waals surface area contributed by atoms with E-state index in [4.69, 9.17) is 14.2 Å². The van der Waals surface area contributed by atoms with Crippen molar-refractivity contribution in [2.75, 3.05) is 44.8 Å². The monoisotopic (exact) mass is 462 g/mol. The van der Waals surface area contributed by atoms with Gasteiger partial charge in [-0.2, -0.15) is 4.31 Å². The summed E-state index contributed by atoms with van der Waals surface area (Å²) in [7, 11) is -3.69. The van der Waals surface area contributed by atoms with Crippen molar-refractivity contribution < 1.29 is 27.4 Å². The number of hydrogen-bond donors (Lipinski definition) is 1. The Morgan fingerprint density at radius 1 is 1.06 bits per heavy atom. The van der Waals surface area contributed by atoms with E-state index in [1.165, 1.54) is 16.4 Å². The summed E-state index contributed by atoms with van der Waals surface area (Å²) in [6, 6.07) is 10.4. The van der Waals surface area contributed by atoms with Crippen LogP contribution in [0, 0.1) is 13.8 Å². The van der Waals surface area contributed by atoms with Gasteiger partial charge < -0.3 is 19.5 Å². The summed E-state index contributed by atoms with van der Waals surface area (Å²) < 4.78 is 43.9. The number of ether oxygens (including phenoxy) is 3. The molecule has 9 heteroatoms. The van der Waals surface area contributed by atoms with Crippen LogP contribution in [0.5, 0.6) is 11.5 Å². The van der Waals surface area contributed by atoms with Crippen LogP contribution in [0.4, 0.5) is 5.69 Å². The molecule has 0 spiro atoms. The van der Waals surface area contributed by atoms with E-state index >= 15 is 0 Å². The predicted molar refractivity (Wildman–Crippen MR) is 122 cm³/mol. The number of carbonyl (C=O) groups excluding carboxylic acids is 1. The fraction of sp³-hybridized carbons (Fsp3) is 0.435. The zero-order valence-corrected chi connectivity index (χ0v) is 19.5. The molecule has 1 N–H and O–H groups in total. The van der Waals surface area contributed by atoms with Crippen LogP contribution in [0.25, 0.3) is 0 Å². The Balaban J connectivity index is 1.69. The molecule has 0 bridgehead atoms. The van der Waals surface area contributed by atoms with Gasteiger partial charge in [0.15, 0.2) is 0 Å². The molecule has 2 aromatic carbocycles. The number of anilines is 1.